The van der Waals surface area contributed by atoms with E-state index in [0.29, 0.717) is 5.69 Å². The van der Waals surface area contributed by atoms with E-state index in [0.717, 1.165) is 0 Å². The lowest BCUT2D eigenvalue weighted by Gasteiger charge is -2.22. The average molecular weight is 238 g/mol. The van der Waals surface area contributed by atoms with Crippen LogP contribution in [0.3, 0.4) is 0 Å². The molecule has 0 spiro atoms. The highest BCUT2D eigenvalue weighted by molar-refractivity contribution is 5.87. The molecule has 0 atom stereocenters. The highest BCUT2D eigenvalue weighted by atomic mass is 16.6. The predicted molar refractivity (Wildman–Crippen MR) is 62.5 cm³/mol. The Labute approximate surface area is 98.2 Å². The van der Waals surface area contributed by atoms with Crippen LogP contribution in [0.5, 0.6) is 0 Å². The molecule has 17 heavy (non-hydrogen) atoms. The Balaban J connectivity index is 3.17. The Kier molecular flexibility index (Phi) is 3.31. The fraction of sp³-hybridized carbons (Fsp3) is 0.400. The number of pyridine rings is 1. The third kappa shape index (κ3) is 2.90. The fourth-order valence-corrected chi connectivity index (χ4v) is 1.15. The molecule has 3 N–H and O–H groups in total. The van der Waals surface area contributed by atoms with E-state index in [1.807, 2.05) is 0 Å². The van der Waals surface area contributed by atoms with Crippen molar-refractivity contribution in [1.29, 1.82) is 0 Å². The monoisotopic (exact) mass is 238 g/mol. The van der Waals surface area contributed by atoms with Crippen LogP contribution in [0.15, 0.2) is 12.1 Å². The van der Waals surface area contributed by atoms with Crippen molar-refractivity contribution in [3.8, 4) is 0 Å². The van der Waals surface area contributed by atoms with E-state index in [4.69, 9.17) is 5.73 Å². The molecule has 0 bridgehead atoms. The van der Waals surface area contributed by atoms with Crippen molar-refractivity contribution in [2.24, 2.45) is 5.73 Å². The maximum Gasteiger partial charge on any atom is 0.311 e. The van der Waals surface area contributed by atoms with Gasteiger partial charge in [0.05, 0.1) is 4.92 Å². The van der Waals surface area contributed by atoms with Gasteiger partial charge in [-0.3, -0.25) is 14.9 Å². The molecule has 1 aromatic rings. The van der Waals surface area contributed by atoms with Crippen molar-refractivity contribution >= 4 is 17.4 Å². The van der Waals surface area contributed by atoms with E-state index in [2.05, 4.69) is 10.3 Å². The second kappa shape index (κ2) is 4.36. The molecular formula is C10H14N4O3. The average Bonchev–Trinajstić information content (AvgIpc) is 2.15. The highest BCUT2D eigenvalue weighted by Gasteiger charge is 2.28. The summed E-state index contributed by atoms with van der Waals surface area (Å²) in [5.74, 6) is -0.575. The molecule has 0 aromatic carbocycles. The van der Waals surface area contributed by atoms with Gasteiger partial charge in [-0.1, -0.05) is 0 Å². The fourth-order valence-electron chi connectivity index (χ4n) is 1.15. The molecule has 1 rings (SSSR count). The number of primary amides is 1. The van der Waals surface area contributed by atoms with Crippen molar-refractivity contribution in [1.82, 2.24) is 4.98 Å². The number of carbonyl (C=O) groups is 1. The number of aryl methyl sites for hydroxylation is 1. The smallest absolute Gasteiger partial charge is 0.311 e. The Hall–Kier alpha value is -2.18. The van der Waals surface area contributed by atoms with Crippen LogP contribution in [0.25, 0.3) is 0 Å². The first kappa shape index (κ1) is 12.9. The molecule has 1 heterocycles. The predicted octanol–water partition coefficient (Wildman–Crippen LogP) is 0.974. The summed E-state index contributed by atoms with van der Waals surface area (Å²) in [5, 5.41) is 13.5. The number of hydrogen-bond donors (Lipinski definition) is 2. The topological polar surface area (TPSA) is 111 Å². The largest absolute Gasteiger partial charge is 0.368 e. The number of nitrogens with one attached hydrogen (secondary N) is 1. The molecular weight excluding hydrogens is 224 g/mol. The van der Waals surface area contributed by atoms with Gasteiger partial charge in [-0.05, 0) is 26.8 Å². The lowest BCUT2D eigenvalue weighted by molar-refractivity contribution is -0.384. The van der Waals surface area contributed by atoms with Crippen molar-refractivity contribution in [3.63, 3.8) is 0 Å². The lowest BCUT2D eigenvalue weighted by atomic mass is 10.1. The van der Waals surface area contributed by atoms with E-state index in [1.54, 1.807) is 6.92 Å². The van der Waals surface area contributed by atoms with E-state index < -0.39 is 16.4 Å². The number of carbonyl (C=O) groups excluding carboxylic acids is 1. The summed E-state index contributed by atoms with van der Waals surface area (Å²) in [6, 6.07) is 2.86. The molecule has 0 aliphatic carbocycles. The second-order valence-electron chi connectivity index (χ2n) is 4.19. The number of anilines is 1. The van der Waals surface area contributed by atoms with Crippen LogP contribution in [0.2, 0.25) is 0 Å². The zero-order valence-corrected chi connectivity index (χ0v) is 9.85. The van der Waals surface area contributed by atoms with Gasteiger partial charge >= 0.3 is 5.69 Å². The van der Waals surface area contributed by atoms with Gasteiger partial charge in [0.2, 0.25) is 11.7 Å². The maximum absolute atomic E-state index is 11.2. The summed E-state index contributed by atoms with van der Waals surface area (Å²) in [6.07, 6.45) is 0. The summed E-state index contributed by atoms with van der Waals surface area (Å²) in [7, 11) is 0. The summed E-state index contributed by atoms with van der Waals surface area (Å²) in [6.45, 7) is 4.76. The van der Waals surface area contributed by atoms with E-state index in [-0.39, 0.29) is 11.5 Å². The number of rotatable bonds is 4. The van der Waals surface area contributed by atoms with Crippen LogP contribution in [0.1, 0.15) is 19.5 Å². The molecule has 1 amide bonds. The standard InChI is InChI=1S/C10H14N4O3/c1-6-4-5-7(14(16)17)8(12-6)13-10(2,3)9(11)15/h4-5H,1-3H3,(H2,11,15)(H,12,13). The molecule has 0 unspecified atom stereocenters. The van der Waals surface area contributed by atoms with Gasteiger partial charge in [0.15, 0.2) is 0 Å². The van der Waals surface area contributed by atoms with Gasteiger partial charge < -0.3 is 11.1 Å². The number of nitro groups is 1. The number of nitrogens with zero attached hydrogens (tertiary/aromatic N) is 2. The molecule has 92 valence electrons. The van der Waals surface area contributed by atoms with E-state index in [9.17, 15) is 14.9 Å². The van der Waals surface area contributed by atoms with Crippen molar-refractivity contribution in [2.45, 2.75) is 26.3 Å². The molecule has 0 aliphatic heterocycles. The van der Waals surface area contributed by atoms with Crippen LogP contribution in [0, 0.1) is 17.0 Å². The van der Waals surface area contributed by atoms with Gasteiger partial charge in [-0.15, -0.1) is 0 Å². The van der Waals surface area contributed by atoms with Crippen LogP contribution in [0.4, 0.5) is 11.5 Å². The number of amides is 1. The van der Waals surface area contributed by atoms with Crippen molar-refractivity contribution in [2.75, 3.05) is 5.32 Å². The van der Waals surface area contributed by atoms with Crippen LogP contribution in [-0.2, 0) is 4.79 Å². The molecule has 1 aromatic heterocycles. The molecule has 0 saturated heterocycles. The Morgan fingerprint density at radius 3 is 2.59 bits per heavy atom. The number of nitrogens with two attached hydrogens (primary N) is 1. The van der Waals surface area contributed by atoms with Gasteiger partial charge in [-0.25, -0.2) is 4.98 Å². The zero-order chi connectivity index (χ0) is 13.2. The van der Waals surface area contributed by atoms with E-state index >= 15 is 0 Å². The summed E-state index contributed by atoms with van der Waals surface area (Å²) in [4.78, 5) is 25.4. The molecule has 0 saturated carbocycles. The lowest BCUT2D eigenvalue weighted by Crippen LogP contribution is -2.45. The third-order valence-corrected chi connectivity index (χ3v) is 2.26. The van der Waals surface area contributed by atoms with Gasteiger partial charge in [0.25, 0.3) is 0 Å². The number of aromatic nitrogens is 1. The minimum Gasteiger partial charge on any atom is -0.368 e. The van der Waals surface area contributed by atoms with Crippen LogP contribution >= 0.6 is 0 Å². The first-order valence-electron chi connectivity index (χ1n) is 4.94. The number of hydrogen-bond acceptors (Lipinski definition) is 5. The normalized spacial score (nSPS) is 11.0. The minimum absolute atomic E-state index is 0.0406. The molecule has 7 heteroatoms. The first-order valence-corrected chi connectivity index (χ1v) is 4.94. The minimum atomic E-state index is -1.11. The third-order valence-electron chi connectivity index (χ3n) is 2.26. The summed E-state index contributed by atoms with van der Waals surface area (Å²) < 4.78 is 0. The Bertz CT molecular complexity index is 471. The first-order chi connectivity index (χ1) is 7.74. The van der Waals surface area contributed by atoms with Gasteiger partial charge in [-0.2, -0.15) is 0 Å². The summed E-state index contributed by atoms with van der Waals surface area (Å²) >= 11 is 0. The molecule has 0 radical (unpaired) electrons. The van der Waals surface area contributed by atoms with E-state index in [1.165, 1.54) is 26.0 Å². The molecule has 0 fully saturated rings. The van der Waals surface area contributed by atoms with Crippen molar-refractivity contribution in [3.05, 3.63) is 27.9 Å². The van der Waals surface area contributed by atoms with Gasteiger partial charge in [0, 0.05) is 11.8 Å². The molecule has 0 aliphatic rings. The van der Waals surface area contributed by atoms with Crippen LogP contribution < -0.4 is 11.1 Å². The van der Waals surface area contributed by atoms with Crippen LogP contribution in [-0.4, -0.2) is 21.4 Å². The SMILES string of the molecule is Cc1ccc([N+](=O)[O-])c(NC(C)(C)C(N)=O)n1. The highest BCUT2D eigenvalue weighted by Crippen LogP contribution is 2.24. The summed E-state index contributed by atoms with van der Waals surface area (Å²) in [5.41, 5.74) is 4.50. The van der Waals surface area contributed by atoms with Gasteiger partial charge in [0.1, 0.15) is 5.54 Å². The Morgan fingerprint density at radius 1 is 1.53 bits per heavy atom. The quantitative estimate of drug-likeness (QED) is 0.599. The maximum atomic E-state index is 11.2. The zero-order valence-electron chi connectivity index (χ0n) is 9.85. The Morgan fingerprint density at radius 2 is 2.12 bits per heavy atom. The molecule has 7 nitrogen and oxygen atoms in total. The second-order valence-corrected chi connectivity index (χ2v) is 4.19. The van der Waals surface area contributed by atoms with Crippen molar-refractivity contribution < 1.29 is 9.72 Å².